The molecule has 6 nitrogen and oxygen atoms in total. The van der Waals surface area contributed by atoms with E-state index in [0.717, 1.165) is 43.5 Å². The fourth-order valence-corrected chi connectivity index (χ4v) is 2.37. The number of H-pyrrole nitrogens is 1. The quantitative estimate of drug-likeness (QED) is 0.595. The van der Waals surface area contributed by atoms with Gasteiger partial charge in [0.15, 0.2) is 5.69 Å². The molecule has 1 aliphatic heterocycles. The van der Waals surface area contributed by atoms with Crippen LogP contribution in [0.15, 0.2) is 0 Å². The van der Waals surface area contributed by atoms with Crippen LogP contribution >= 0.6 is 0 Å². The van der Waals surface area contributed by atoms with E-state index >= 15 is 0 Å². The number of carbonyl (C=O) groups excluding carboxylic acids is 1. The van der Waals surface area contributed by atoms with Crippen LogP contribution in [-0.2, 0) is 13.0 Å². The molecule has 19 heavy (non-hydrogen) atoms. The summed E-state index contributed by atoms with van der Waals surface area (Å²) in [6.07, 6.45) is 3.99. The zero-order valence-electron chi connectivity index (χ0n) is 11.5. The van der Waals surface area contributed by atoms with Crippen LogP contribution in [0.4, 0.5) is 0 Å². The minimum absolute atomic E-state index is 0.0383. The van der Waals surface area contributed by atoms with Crippen LogP contribution in [0.3, 0.4) is 0 Å². The molecule has 0 fully saturated rings. The Balaban J connectivity index is 2.01. The first-order valence-electron chi connectivity index (χ1n) is 7.04. The number of nitrogens with zero attached hydrogens (tertiary/aromatic N) is 1. The Bertz CT molecular complexity index is 429. The molecule has 2 rings (SSSR count). The van der Waals surface area contributed by atoms with Crippen molar-refractivity contribution in [2.24, 2.45) is 5.73 Å². The van der Waals surface area contributed by atoms with Gasteiger partial charge in [-0.2, -0.15) is 5.10 Å². The van der Waals surface area contributed by atoms with Gasteiger partial charge in [0.25, 0.3) is 5.91 Å². The van der Waals surface area contributed by atoms with Crippen molar-refractivity contribution in [1.29, 1.82) is 0 Å². The number of amides is 1. The predicted octanol–water partition coefficient (Wildman–Crippen LogP) is 0.303. The van der Waals surface area contributed by atoms with Gasteiger partial charge in [-0.05, 0) is 6.42 Å². The fourth-order valence-electron chi connectivity index (χ4n) is 2.37. The maximum absolute atomic E-state index is 12.2. The van der Waals surface area contributed by atoms with Gasteiger partial charge in [0.05, 0.1) is 0 Å². The first-order chi connectivity index (χ1) is 9.26. The Morgan fingerprint density at radius 2 is 2.42 bits per heavy atom. The van der Waals surface area contributed by atoms with E-state index in [2.05, 4.69) is 27.8 Å². The molecular weight excluding hydrogens is 242 g/mol. The number of fused-ring (bicyclic) bond motifs is 1. The first-order valence-corrected chi connectivity index (χ1v) is 7.04. The molecule has 0 saturated carbocycles. The van der Waals surface area contributed by atoms with E-state index in [4.69, 9.17) is 5.73 Å². The maximum atomic E-state index is 12.2. The molecule has 0 aromatic carbocycles. The van der Waals surface area contributed by atoms with Gasteiger partial charge >= 0.3 is 0 Å². The van der Waals surface area contributed by atoms with Crippen LogP contribution in [0.2, 0.25) is 0 Å². The van der Waals surface area contributed by atoms with Gasteiger partial charge in [-0.3, -0.25) is 9.89 Å². The molecule has 1 unspecified atom stereocenters. The van der Waals surface area contributed by atoms with Gasteiger partial charge in [-0.25, -0.2) is 0 Å². The van der Waals surface area contributed by atoms with Crippen LogP contribution in [0.5, 0.6) is 0 Å². The lowest BCUT2D eigenvalue weighted by atomic mass is 10.1. The van der Waals surface area contributed by atoms with E-state index in [9.17, 15) is 4.79 Å². The largest absolute Gasteiger partial charge is 0.347 e. The van der Waals surface area contributed by atoms with E-state index in [1.807, 2.05) is 0 Å². The number of unbranched alkanes of at least 4 members (excludes halogenated alkanes) is 1. The van der Waals surface area contributed by atoms with Crippen LogP contribution < -0.4 is 16.4 Å². The number of aromatic nitrogens is 2. The molecule has 2 heterocycles. The van der Waals surface area contributed by atoms with E-state index in [1.54, 1.807) is 0 Å². The molecule has 1 aromatic heterocycles. The zero-order valence-corrected chi connectivity index (χ0v) is 11.5. The summed E-state index contributed by atoms with van der Waals surface area (Å²) in [5.74, 6) is -0.118. The highest BCUT2D eigenvalue weighted by atomic mass is 16.2. The Labute approximate surface area is 113 Å². The van der Waals surface area contributed by atoms with Crippen LogP contribution in [0.25, 0.3) is 0 Å². The summed E-state index contributed by atoms with van der Waals surface area (Å²) in [7, 11) is 0. The molecule has 1 aliphatic rings. The monoisotopic (exact) mass is 265 g/mol. The molecule has 1 aromatic rings. The summed E-state index contributed by atoms with van der Waals surface area (Å²) in [5, 5.41) is 13.3. The van der Waals surface area contributed by atoms with Gasteiger partial charge < -0.3 is 16.4 Å². The molecule has 0 spiro atoms. The van der Waals surface area contributed by atoms with Crippen LogP contribution in [0, 0.1) is 0 Å². The number of nitrogens with two attached hydrogens (primary N) is 1. The van der Waals surface area contributed by atoms with Crippen molar-refractivity contribution >= 4 is 5.91 Å². The molecular formula is C13H23N5O. The molecule has 0 aliphatic carbocycles. The van der Waals surface area contributed by atoms with Gasteiger partial charge in [0.2, 0.25) is 0 Å². The number of aromatic amines is 1. The van der Waals surface area contributed by atoms with Crippen molar-refractivity contribution in [3.05, 3.63) is 17.0 Å². The summed E-state index contributed by atoms with van der Waals surface area (Å²) in [4.78, 5) is 12.2. The van der Waals surface area contributed by atoms with Gasteiger partial charge in [0.1, 0.15) is 0 Å². The van der Waals surface area contributed by atoms with Crippen LogP contribution in [0.1, 0.15) is 47.9 Å². The average molecular weight is 265 g/mol. The van der Waals surface area contributed by atoms with Crippen molar-refractivity contribution in [2.75, 3.05) is 13.1 Å². The Morgan fingerprint density at radius 1 is 1.58 bits per heavy atom. The molecule has 106 valence electrons. The molecule has 0 saturated heterocycles. The minimum atomic E-state index is -0.118. The topological polar surface area (TPSA) is 95.8 Å². The summed E-state index contributed by atoms with van der Waals surface area (Å²) in [6, 6.07) is 0.0383. The van der Waals surface area contributed by atoms with Gasteiger partial charge in [0, 0.05) is 43.4 Å². The normalized spacial score (nSPS) is 15.9. The maximum Gasteiger partial charge on any atom is 0.272 e. The number of rotatable bonds is 6. The molecule has 1 atom stereocenters. The number of hydrogen-bond donors (Lipinski definition) is 4. The lowest BCUT2D eigenvalue weighted by molar-refractivity contribution is 0.0929. The number of nitrogens with one attached hydrogen (secondary N) is 3. The van der Waals surface area contributed by atoms with Crippen molar-refractivity contribution in [1.82, 2.24) is 20.8 Å². The van der Waals surface area contributed by atoms with Gasteiger partial charge in [-0.15, -0.1) is 0 Å². The molecule has 0 radical (unpaired) electrons. The smallest absolute Gasteiger partial charge is 0.272 e. The second kappa shape index (κ2) is 6.68. The lowest BCUT2D eigenvalue weighted by Crippen LogP contribution is -2.41. The second-order valence-electron chi connectivity index (χ2n) is 5.00. The highest BCUT2D eigenvalue weighted by molar-refractivity contribution is 5.94. The first kappa shape index (κ1) is 14.0. The Kier molecular flexibility index (Phi) is 4.93. The Hall–Kier alpha value is -1.40. The molecule has 5 N–H and O–H groups in total. The number of carbonyl (C=O) groups is 1. The fraction of sp³-hybridized carbons (Fsp3) is 0.692. The summed E-state index contributed by atoms with van der Waals surface area (Å²) in [5.41, 5.74) is 8.28. The SMILES string of the molecule is CCCCC(CN)NC(=O)c1n[nH]c2c1CNCC2. The van der Waals surface area contributed by atoms with E-state index in [0.29, 0.717) is 18.8 Å². The number of hydrogen-bond acceptors (Lipinski definition) is 4. The third kappa shape index (κ3) is 3.33. The standard InChI is InChI=1S/C13H23N5O/c1-2-3-4-9(7-14)16-13(19)12-10-8-15-6-5-11(10)17-18-12/h9,15H,2-8,14H2,1H3,(H,16,19)(H,17,18). The highest BCUT2D eigenvalue weighted by Gasteiger charge is 2.22. The predicted molar refractivity (Wildman–Crippen MR) is 73.8 cm³/mol. The summed E-state index contributed by atoms with van der Waals surface area (Å²) < 4.78 is 0. The van der Waals surface area contributed by atoms with E-state index < -0.39 is 0 Å². The van der Waals surface area contributed by atoms with E-state index in [1.165, 1.54) is 0 Å². The summed E-state index contributed by atoms with van der Waals surface area (Å²) >= 11 is 0. The molecule has 6 heteroatoms. The van der Waals surface area contributed by atoms with Gasteiger partial charge in [-0.1, -0.05) is 19.8 Å². The van der Waals surface area contributed by atoms with Crippen molar-refractivity contribution in [2.45, 2.75) is 45.2 Å². The third-order valence-electron chi connectivity index (χ3n) is 3.55. The lowest BCUT2D eigenvalue weighted by Gasteiger charge is -2.17. The zero-order chi connectivity index (χ0) is 13.7. The highest BCUT2D eigenvalue weighted by Crippen LogP contribution is 2.15. The molecule has 1 amide bonds. The summed E-state index contributed by atoms with van der Waals surface area (Å²) in [6.45, 7) is 4.23. The van der Waals surface area contributed by atoms with E-state index in [-0.39, 0.29) is 11.9 Å². The third-order valence-corrected chi connectivity index (χ3v) is 3.55. The molecule has 0 bridgehead atoms. The Morgan fingerprint density at radius 3 is 3.16 bits per heavy atom. The minimum Gasteiger partial charge on any atom is -0.347 e. The van der Waals surface area contributed by atoms with Crippen molar-refractivity contribution in [3.8, 4) is 0 Å². The van der Waals surface area contributed by atoms with Crippen LogP contribution in [-0.4, -0.2) is 35.2 Å². The van der Waals surface area contributed by atoms with Crippen molar-refractivity contribution in [3.63, 3.8) is 0 Å². The average Bonchev–Trinajstić information content (AvgIpc) is 2.87. The van der Waals surface area contributed by atoms with Crippen molar-refractivity contribution < 1.29 is 4.79 Å². The second-order valence-corrected chi connectivity index (χ2v) is 5.00.